The van der Waals surface area contributed by atoms with Crippen molar-refractivity contribution in [1.29, 1.82) is 0 Å². The second kappa shape index (κ2) is 5.35. The van der Waals surface area contributed by atoms with Crippen LogP contribution in [0.15, 0.2) is 36.5 Å². The Morgan fingerprint density at radius 3 is 2.23 bits per heavy atom. The summed E-state index contributed by atoms with van der Waals surface area (Å²) in [5.41, 5.74) is 1.04. The Labute approximate surface area is 77.5 Å². The number of hydrogen-bond donors (Lipinski definition) is 2. The molecular weight excluding hydrogens is 166 g/mol. The van der Waals surface area contributed by atoms with Gasteiger partial charge in [-0.3, -0.25) is 0 Å². The van der Waals surface area contributed by atoms with Crippen molar-refractivity contribution in [1.82, 2.24) is 4.90 Å². The first-order chi connectivity index (χ1) is 6.36. The average molecular weight is 179 g/mol. The Morgan fingerprint density at radius 1 is 1.08 bits per heavy atom. The fourth-order valence-electron chi connectivity index (χ4n) is 0.895. The van der Waals surface area contributed by atoms with Crippen LogP contribution >= 0.6 is 0 Å². The van der Waals surface area contributed by atoms with Gasteiger partial charge in [0.2, 0.25) is 0 Å². The van der Waals surface area contributed by atoms with E-state index in [9.17, 15) is 0 Å². The fourth-order valence-corrected chi connectivity index (χ4v) is 0.895. The molecule has 0 saturated heterocycles. The third-order valence-corrected chi connectivity index (χ3v) is 1.64. The highest BCUT2D eigenvalue weighted by molar-refractivity contribution is 5.48. The van der Waals surface area contributed by atoms with Crippen LogP contribution < -0.4 is 0 Å². The summed E-state index contributed by atoms with van der Waals surface area (Å²) >= 11 is 0. The lowest BCUT2D eigenvalue weighted by molar-refractivity contribution is 0.0692. The van der Waals surface area contributed by atoms with Gasteiger partial charge < -0.3 is 15.1 Å². The lowest BCUT2D eigenvalue weighted by atomic mass is 10.2. The quantitative estimate of drug-likeness (QED) is 0.674. The van der Waals surface area contributed by atoms with Crippen LogP contribution in [0.5, 0.6) is 0 Å². The highest BCUT2D eigenvalue weighted by Gasteiger charge is 1.90. The van der Waals surface area contributed by atoms with Crippen LogP contribution in [0, 0.1) is 0 Å². The zero-order chi connectivity index (χ0) is 9.52. The smallest absolute Gasteiger partial charge is 0.117 e. The number of aliphatic hydroxyl groups excluding tert-OH is 2. The molecule has 3 heteroatoms. The number of aliphatic hydroxyl groups is 2. The van der Waals surface area contributed by atoms with Crippen LogP contribution in [0.25, 0.3) is 6.08 Å². The summed E-state index contributed by atoms with van der Waals surface area (Å²) in [6.07, 6.45) is 3.47. The summed E-state index contributed by atoms with van der Waals surface area (Å²) in [6.45, 7) is -0.361. The first-order valence-corrected chi connectivity index (χ1v) is 4.06. The van der Waals surface area contributed by atoms with E-state index in [4.69, 9.17) is 10.2 Å². The van der Waals surface area contributed by atoms with Crippen molar-refractivity contribution < 1.29 is 10.2 Å². The van der Waals surface area contributed by atoms with E-state index in [2.05, 4.69) is 0 Å². The Hall–Kier alpha value is -1.32. The molecule has 0 aliphatic heterocycles. The Bertz CT molecular complexity index is 255. The summed E-state index contributed by atoms with van der Waals surface area (Å²) in [4.78, 5) is 1.38. The Balaban J connectivity index is 2.57. The highest BCUT2D eigenvalue weighted by Crippen LogP contribution is 2.01. The number of benzene rings is 1. The Morgan fingerprint density at radius 2 is 1.69 bits per heavy atom. The van der Waals surface area contributed by atoms with E-state index in [1.54, 1.807) is 6.20 Å². The standard InChI is InChI=1S/C10H13NO2/c12-8-11(9-13)7-6-10-4-2-1-3-5-10/h1-7,12-13H,8-9H2. The Kier molecular flexibility index (Phi) is 4.02. The maximum absolute atomic E-state index is 8.72. The molecule has 0 unspecified atom stereocenters. The molecule has 0 spiro atoms. The first-order valence-electron chi connectivity index (χ1n) is 4.06. The maximum atomic E-state index is 8.72. The van der Waals surface area contributed by atoms with Gasteiger partial charge in [0.15, 0.2) is 0 Å². The third kappa shape index (κ3) is 3.27. The second-order valence-electron chi connectivity index (χ2n) is 2.60. The summed E-state index contributed by atoms with van der Waals surface area (Å²) in [7, 11) is 0. The minimum absolute atomic E-state index is 0.181. The SMILES string of the molecule is OCN(C=Cc1ccccc1)CO. The summed E-state index contributed by atoms with van der Waals surface area (Å²) in [5, 5.41) is 17.4. The monoisotopic (exact) mass is 179 g/mol. The minimum atomic E-state index is -0.181. The highest BCUT2D eigenvalue weighted by atomic mass is 16.3. The topological polar surface area (TPSA) is 43.7 Å². The molecule has 1 aromatic rings. The molecule has 0 radical (unpaired) electrons. The van der Waals surface area contributed by atoms with Gasteiger partial charge in [0.05, 0.1) is 0 Å². The normalized spacial score (nSPS) is 10.6. The molecule has 1 aromatic carbocycles. The van der Waals surface area contributed by atoms with E-state index < -0.39 is 0 Å². The van der Waals surface area contributed by atoms with Gasteiger partial charge in [-0.1, -0.05) is 30.3 Å². The molecule has 3 nitrogen and oxygen atoms in total. The molecule has 70 valence electrons. The molecule has 0 atom stereocenters. The van der Waals surface area contributed by atoms with Gasteiger partial charge in [-0.15, -0.1) is 0 Å². The summed E-state index contributed by atoms with van der Waals surface area (Å²) in [5.74, 6) is 0. The molecule has 2 N–H and O–H groups in total. The van der Waals surface area contributed by atoms with Gasteiger partial charge in [0.1, 0.15) is 13.5 Å². The van der Waals surface area contributed by atoms with Crippen molar-refractivity contribution in [2.45, 2.75) is 0 Å². The van der Waals surface area contributed by atoms with Gasteiger partial charge in [-0.05, 0) is 11.6 Å². The van der Waals surface area contributed by atoms with E-state index in [1.807, 2.05) is 36.4 Å². The molecule has 0 bridgehead atoms. The number of hydrogen-bond acceptors (Lipinski definition) is 3. The number of rotatable bonds is 4. The summed E-state index contributed by atoms with van der Waals surface area (Å²) in [6, 6.07) is 9.70. The van der Waals surface area contributed by atoms with Gasteiger partial charge in [0.25, 0.3) is 0 Å². The van der Waals surface area contributed by atoms with Crippen molar-refractivity contribution in [2.75, 3.05) is 13.5 Å². The van der Waals surface area contributed by atoms with Crippen LogP contribution in [-0.2, 0) is 0 Å². The predicted molar refractivity (Wildman–Crippen MR) is 51.5 cm³/mol. The van der Waals surface area contributed by atoms with Crippen molar-refractivity contribution in [3.8, 4) is 0 Å². The molecule has 0 aromatic heterocycles. The predicted octanol–water partition coefficient (Wildman–Crippen LogP) is 0.859. The van der Waals surface area contributed by atoms with Gasteiger partial charge in [0, 0.05) is 6.20 Å². The van der Waals surface area contributed by atoms with E-state index in [-0.39, 0.29) is 13.5 Å². The van der Waals surface area contributed by atoms with Crippen molar-refractivity contribution >= 4 is 6.08 Å². The molecule has 0 fully saturated rings. The maximum Gasteiger partial charge on any atom is 0.117 e. The third-order valence-electron chi connectivity index (χ3n) is 1.64. The minimum Gasteiger partial charge on any atom is -0.376 e. The average Bonchev–Trinajstić information content (AvgIpc) is 2.21. The van der Waals surface area contributed by atoms with E-state index >= 15 is 0 Å². The molecule has 0 saturated carbocycles. The van der Waals surface area contributed by atoms with Crippen molar-refractivity contribution in [3.05, 3.63) is 42.1 Å². The van der Waals surface area contributed by atoms with Crippen LogP contribution in [0.2, 0.25) is 0 Å². The van der Waals surface area contributed by atoms with Gasteiger partial charge in [-0.2, -0.15) is 0 Å². The summed E-state index contributed by atoms with van der Waals surface area (Å²) < 4.78 is 0. The molecule has 0 amide bonds. The largest absolute Gasteiger partial charge is 0.376 e. The second-order valence-corrected chi connectivity index (χ2v) is 2.60. The van der Waals surface area contributed by atoms with Gasteiger partial charge >= 0.3 is 0 Å². The van der Waals surface area contributed by atoms with Crippen molar-refractivity contribution in [3.63, 3.8) is 0 Å². The van der Waals surface area contributed by atoms with Crippen LogP contribution in [0.1, 0.15) is 5.56 Å². The van der Waals surface area contributed by atoms with Crippen molar-refractivity contribution in [2.24, 2.45) is 0 Å². The number of nitrogens with zero attached hydrogens (tertiary/aromatic N) is 1. The van der Waals surface area contributed by atoms with E-state index in [0.717, 1.165) is 5.56 Å². The molecular formula is C10H13NO2. The fraction of sp³-hybridized carbons (Fsp3) is 0.200. The van der Waals surface area contributed by atoms with Gasteiger partial charge in [-0.25, -0.2) is 0 Å². The van der Waals surface area contributed by atoms with Crippen LogP contribution in [0.4, 0.5) is 0 Å². The molecule has 0 heterocycles. The zero-order valence-electron chi connectivity index (χ0n) is 7.30. The molecule has 1 rings (SSSR count). The molecule has 0 aliphatic carbocycles. The lowest BCUT2D eigenvalue weighted by Crippen LogP contribution is -2.18. The van der Waals surface area contributed by atoms with E-state index in [0.29, 0.717) is 0 Å². The van der Waals surface area contributed by atoms with Crippen LogP contribution in [0.3, 0.4) is 0 Å². The van der Waals surface area contributed by atoms with Crippen LogP contribution in [-0.4, -0.2) is 28.6 Å². The van der Waals surface area contributed by atoms with E-state index in [1.165, 1.54) is 4.90 Å². The zero-order valence-corrected chi connectivity index (χ0v) is 7.30. The lowest BCUT2D eigenvalue weighted by Gasteiger charge is -2.12. The molecule has 0 aliphatic rings. The first kappa shape index (κ1) is 9.77. The molecule has 13 heavy (non-hydrogen) atoms.